The molecule has 0 aliphatic heterocycles. The van der Waals surface area contributed by atoms with Gasteiger partial charge in [-0.3, -0.25) is 9.50 Å². The molecule has 4 aromatic carbocycles. The molecule has 0 N–H and O–H groups in total. The minimum atomic E-state index is 0. The predicted octanol–water partition coefficient (Wildman–Crippen LogP) is 7.53. The first-order valence-corrected chi connectivity index (χ1v) is 11.5. The Labute approximate surface area is 217 Å². The summed E-state index contributed by atoms with van der Waals surface area (Å²) in [6.45, 7) is 6.41. The molecular weight excluding hydrogens is 609 g/mol. The van der Waals surface area contributed by atoms with Crippen LogP contribution in [0.25, 0.3) is 60.3 Å². The number of hydrogen-bond donors (Lipinski definition) is 0. The SMILES string of the molecule is Cc1c[c-]c2c(c1)c(C)cc1c3cc(C)cc(-c4ccc5ccc6ccc[c-]c6c5n4)c3nn21.[Pt+2]. The van der Waals surface area contributed by atoms with Crippen molar-refractivity contribution in [3.05, 3.63) is 102 Å². The van der Waals surface area contributed by atoms with E-state index in [-0.39, 0.29) is 21.1 Å². The van der Waals surface area contributed by atoms with Crippen LogP contribution in [0.4, 0.5) is 0 Å². The van der Waals surface area contributed by atoms with Crippen LogP contribution in [0.5, 0.6) is 0 Å². The minimum absolute atomic E-state index is 0. The molecule has 0 aliphatic carbocycles. The maximum atomic E-state index is 5.14. The Bertz CT molecular complexity index is 1950. The van der Waals surface area contributed by atoms with E-state index in [0.29, 0.717) is 0 Å². The Balaban J connectivity index is 0.00000229. The van der Waals surface area contributed by atoms with Crippen LogP contribution in [0.2, 0.25) is 0 Å². The van der Waals surface area contributed by atoms with E-state index in [9.17, 15) is 0 Å². The minimum Gasteiger partial charge on any atom is -0.296 e. The summed E-state index contributed by atoms with van der Waals surface area (Å²) in [6.07, 6.45) is 0. The van der Waals surface area contributed by atoms with Gasteiger partial charge >= 0.3 is 21.1 Å². The molecule has 3 aromatic heterocycles. The van der Waals surface area contributed by atoms with Crippen molar-refractivity contribution in [3.63, 3.8) is 0 Å². The summed E-state index contributed by atoms with van der Waals surface area (Å²) in [7, 11) is 0. The fraction of sp³-hybridized carbons (Fsp3) is 0.0968. The molecule has 0 radical (unpaired) electrons. The van der Waals surface area contributed by atoms with Crippen molar-refractivity contribution >= 4 is 49.0 Å². The standard InChI is InChI=1S/C31H21N3.Pt/c1-18-8-13-28-24(14-18)20(3)17-29-26-16-19(2)15-25(31(26)33-34(28)29)27-12-11-22-10-9-21-6-4-5-7-23(21)30(22)32-27;/h4-6,8-12,14-17H,1-3H3;/q-2;+2. The summed E-state index contributed by atoms with van der Waals surface area (Å²) < 4.78 is 2.04. The molecule has 7 aromatic rings. The van der Waals surface area contributed by atoms with E-state index in [1.165, 1.54) is 22.1 Å². The molecule has 170 valence electrons. The second kappa shape index (κ2) is 8.00. The van der Waals surface area contributed by atoms with Gasteiger partial charge in [0.1, 0.15) is 5.52 Å². The van der Waals surface area contributed by atoms with Gasteiger partial charge in [-0.15, -0.1) is 40.4 Å². The van der Waals surface area contributed by atoms with Gasteiger partial charge in [0.15, 0.2) is 0 Å². The Hall–Kier alpha value is -3.55. The molecule has 0 aliphatic rings. The summed E-state index contributed by atoms with van der Waals surface area (Å²) in [5.74, 6) is 0. The van der Waals surface area contributed by atoms with Crippen LogP contribution in [-0.2, 0) is 21.1 Å². The molecular formula is C31H21N3Pt. The number of nitrogens with zero attached hydrogens (tertiary/aromatic N) is 3. The van der Waals surface area contributed by atoms with E-state index in [4.69, 9.17) is 10.1 Å². The molecule has 0 saturated heterocycles. The zero-order valence-corrected chi connectivity index (χ0v) is 21.9. The Morgan fingerprint density at radius 1 is 0.771 bits per heavy atom. The first-order chi connectivity index (χ1) is 16.6. The molecule has 0 saturated carbocycles. The van der Waals surface area contributed by atoms with Gasteiger partial charge in [-0.05, 0) is 53.2 Å². The predicted molar refractivity (Wildman–Crippen MR) is 140 cm³/mol. The quantitative estimate of drug-likeness (QED) is 0.139. The zero-order chi connectivity index (χ0) is 23.0. The molecule has 35 heavy (non-hydrogen) atoms. The van der Waals surface area contributed by atoms with Crippen LogP contribution in [-0.4, -0.2) is 14.6 Å². The Morgan fingerprint density at radius 2 is 1.57 bits per heavy atom. The van der Waals surface area contributed by atoms with Gasteiger partial charge in [0.05, 0.1) is 11.2 Å². The van der Waals surface area contributed by atoms with Crippen molar-refractivity contribution in [2.24, 2.45) is 0 Å². The third-order valence-electron chi connectivity index (χ3n) is 6.78. The number of aromatic nitrogens is 3. The molecule has 0 bridgehead atoms. The van der Waals surface area contributed by atoms with Crippen molar-refractivity contribution in [1.82, 2.24) is 14.6 Å². The summed E-state index contributed by atoms with van der Waals surface area (Å²) in [4.78, 5) is 5.14. The normalized spacial score (nSPS) is 11.6. The van der Waals surface area contributed by atoms with Crippen molar-refractivity contribution in [3.8, 4) is 11.3 Å². The van der Waals surface area contributed by atoms with Crippen LogP contribution in [0.15, 0.2) is 72.8 Å². The monoisotopic (exact) mass is 630 g/mol. The topological polar surface area (TPSA) is 30.2 Å². The van der Waals surface area contributed by atoms with Gasteiger partial charge in [0.25, 0.3) is 0 Å². The van der Waals surface area contributed by atoms with Gasteiger partial charge in [0, 0.05) is 10.9 Å². The largest absolute Gasteiger partial charge is 2.00 e. The van der Waals surface area contributed by atoms with E-state index in [0.717, 1.165) is 54.9 Å². The number of aryl methyl sites for hydroxylation is 3. The van der Waals surface area contributed by atoms with Crippen LogP contribution < -0.4 is 0 Å². The van der Waals surface area contributed by atoms with Gasteiger partial charge in [-0.2, -0.15) is 28.9 Å². The second-order valence-electron chi connectivity index (χ2n) is 9.24. The first kappa shape index (κ1) is 21.9. The molecule has 3 heterocycles. The van der Waals surface area contributed by atoms with Crippen LogP contribution in [0.1, 0.15) is 16.7 Å². The zero-order valence-electron chi connectivity index (χ0n) is 19.6. The number of hydrogen-bond acceptors (Lipinski definition) is 2. The fourth-order valence-corrected chi connectivity index (χ4v) is 5.14. The van der Waals surface area contributed by atoms with Crippen LogP contribution >= 0.6 is 0 Å². The number of pyridine rings is 2. The molecule has 7 rings (SSSR count). The van der Waals surface area contributed by atoms with Crippen molar-refractivity contribution < 1.29 is 21.1 Å². The van der Waals surface area contributed by atoms with E-state index in [2.05, 4.69) is 87.5 Å². The summed E-state index contributed by atoms with van der Waals surface area (Å²) in [5, 5.41) is 10.7. The van der Waals surface area contributed by atoms with Crippen molar-refractivity contribution in [1.29, 1.82) is 0 Å². The molecule has 0 amide bonds. The average Bonchev–Trinajstić information content (AvgIpc) is 3.21. The maximum absolute atomic E-state index is 5.14. The van der Waals surface area contributed by atoms with Crippen molar-refractivity contribution in [2.75, 3.05) is 0 Å². The fourth-order valence-electron chi connectivity index (χ4n) is 5.14. The first-order valence-electron chi connectivity index (χ1n) is 11.5. The van der Waals surface area contributed by atoms with Gasteiger partial charge < -0.3 is 0 Å². The third kappa shape index (κ3) is 3.30. The van der Waals surface area contributed by atoms with Gasteiger partial charge in [-0.1, -0.05) is 37.6 Å². The Kier molecular flexibility index (Phi) is 5.02. The molecule has 0 fully saturated rings. The van der Waals surface area contributed by atoms with E-state index < -0.39 is 0 Å². The average molecular weight is 631 g/mol. The number of fused-ring (bicyclic) bond motifs is 8. The van der Waals surface area contributed by atoms with Crippen LogP contribution in [0.3, 0.4) is 0 Å². The maximum Gasteiger partial charge on any atom is 2.00 e. The molecule has 0 unspecified atom stereocenters. The summed E-state index contributed by atoms with van der Waals surface area (Å²) >= 11 is 0. The third-order valence-corrected chi connectivity index (χ3v) is 6.78. The molecule has 0 atom stereocenters. The van der Waals surface area contributed by atoms with Gasteiger partial charge in [-0.25, -0.2) is 0 Å². The van der Waals surface area contributed by atoms with Crippen LogP contribution in [0, 0.1) is 32.9 Å². The van der Waals surface area contributed by atoms with E-state index in [1.807, 2.05) is 22.7 Å². The van der Waals surface area contributed by atoms with Crippen molar-refractivity contribution in [2.45, 2.75) is 20.8 Å². The smallest absolute Gasteiger partial charge is 0.296 e. The molecule has 3 nitrogen and oxygen atoms in total. The summed E-state index contributed by atoms with van der Waals surface area (Å²) in [5.41, 5.74) is 9.64. The van der Waals surface area contributed by atoms with E-state index in [1.54, 1.807) is 0 Å². The summed E-state index contributed by atoms with van der Waals surface area (Å²) in [6, 6.07) is 32.4. The van der Waals surface area contributed by atoms with E-state index >= 15 is 0 Å². The number of rotatable bonds is 1. The molecule has 0 spiro atoms. The second-order valence-corrected chi connectivity index (χ2v) is 9.24. The molecule has 4 heteroatoms. The number of benzene rings is 4. The van der Waals surface area contributed by atoms with Gasteiger partial charge in [0.2, 0.25) is 0 Å². The Morgan fingerprint density at radius 3 is 2.46 bits per heavy atom.